The van der Waals surface area contributed by atoms with E-state index >= 15 is 0 Å². The molecule has 3 aliphatic rings. The van der Waals surface area contributed by atoms with E-state index in [2.05, 4.69) is 21.3 Å². The number of aryl methyl sites for hydroxylation is 1. The van der Waals surface area contributed by atoms with Crippen LogP contribution in [0.2, 0.25) is 5.02 Å². The van der Waals surface area contributed by atoms with Gasteiger partial charge in [-0.25, -0.2) is 18.0 Å². The third-order valence-electron chi connectivity index (χ3n) is 12.3. The lowest BCUT2D eigenvalue weighted by molar-refractivity contribution is -0.139. The van der Waals surface area contributed by atoms with Gasteiger partial charge in [-0.3, -0.25) is 24.6 Å². The van der Waals surface area contributed by atoms with E-state index in [0.717, 1.165) is 58.4 Å². The zero-order valence-electron chi connectivity index (χ0n) is 36.9. The number of carbonyl (C=O) groups is 5. The molecule has 0 saturated carbocycles. The highest BCUT2D eigenvalue weighted by atomic mass is 35.5. The minimum absolute atomic E-state index is 0.0130. The number of halogens is 1. The number of aliphatic carboxylic acids is 1. The highest BCUT2D eigenvalue weighted by molar-refractivity contribution is 7.88. The molecule has 2 saturated heterocycles. The molecule has 4 aromatic carbocycles. The highest BCUT2D eigenvalue weighted by Crippen LogP contribution is 2.46. The van der Waals surface area contributed by atoms with Crippen molar-refractivity contribution in [2.75, 3.05) is 48.3 Å². The quantitative estimate of drug-likeness (QED) is 0.0364. The van der Waals surface area contributed by atoms with E-state index < -0.39 is 46.1 Å². The first kappa shape index (κ1) is 47.4. The normalized spacial score (nSPS) is 18.3. The molecule has 5 aromatic rings. The summed E-state index contributed by atoms with van der Waals surface area (Å²) in [5.41, 5.74) is 4.52. The van der Waals surface area contributed by atoms with Crippen molar-refractivity contribution in [3.05, 3.63) is 105 Å². The molecule has 6 N–H and O–H groups in total. The number of imide groups is 1. The summed E-state index contributed by atoms with van der Waals surface area (Å²) in [6, 6.07) is 23.5. The topological polar surface area (TPSA) is 224 Å². The summed E-state index contributed by atoms with van der Waals surface area (Å²) in [6.45, 7) is 5.47. The Hall–Kier alpha value is -6.05. The number of rotatable bonds is 19. The van der Waals surface area contributed by atoms with Crippen LogP contribution < -0.4 is 30.9 Å². The number of anilines is 3. The van der Waals surface area contributed by atoms with Gasteiger partial charge in [0.2, 0.25) is 21.8 Å². The third kappa shape index (κ3) is 10.3. The van der Waals surface area contributed by atoms with Crippen LogP contribution in [-0.4, -0.2) is 103 Å². The molecule has 0 aliphatic carbocycles. The molecule has 1 aromatic heterocycles. The van der Waals surface area contributed by atoms with Gasteiger partial charge in [0, 0.05) is 60.0 Å². The molecule has 2 fully saturated rings. The van der Waals surface area contributed by atoms with E-state index in [1.807, 2.05) is 74.5 Å². The summed E-state index contributed by atoms with van der Waals surface area (Å²) in [6.07, 6.45) is 3.19. The van der Waals surface area contributed by atoms with Crippen molar-refractivity contribution < 1.29 is 47.3 Å². The number of sulfonamides is 1. The van der Waals surface area contributed by atoms with Gasteiger partial charge in [-0.05, 0) is 111 Å². The number of aromatic carboxylic acids is 1. The van der Waals surface area contributed by atoms with Crippen molar-refractivity contribution >= 4 is 90.5 Å². The van der Waals surface area contributed by atoms with E-state index in [-0.39, 0.29) is 52.1 Å². The fourth-order valence-corrected chi connectivity index (χ4v) is 12.8. The van der Waals surface area contributed by atoms with Crippen LogP contribution in [0.25, 0.3) is 21.2 Å². The number of carboxylic acids is 2. The van der Waals surface area contributed by atoms with Crippen LogP contribution >= 0.6 is 22.9 Å². The lowest BCUT2D eigenvalue weighted by Crippen LogP contribution is -2.55. The van der Waals surface area contributed by atoms with Crippen LogP contribution in [0, 0.1) is 0 Å². The molecule has 4 heterocycles. The number of piperidine rings is 2. The summed E-state index contributed by atoms with van der Waals surface area (Å²) in [4.78, 5) is 62.7. The minimum Gasteiger partial charge on any atom is -0.479 e. The lowest BCUT2D eigenvalue weighted by Gasteiger charge is -2.45. The predicted octanol–water partition coefficient (Wildman–Crippen LogP) is 6.97. The fraction of sp³-hybridized carbons (Fsp3) is 0.354. The first-order valence-corrected chi connectivity index (χ1v) is 24.8. The molecule has 352 valence electrons. The second-order valence-corrected chi connectivity index (χ2v) is 20.8. The van der Waals surface area contributed by atoms with Gasteiger partial charge in [0.25, 0.3) is 5.91 Å². The van der Waals surface area contributed by atoms with Crippen LogP contribution in [-0.2, 0) is 36.6 Å². The summed E-state index contributed by atoms with van der Waals surface area (Å²) < 4.78 is 34.8. The monoisotopic (exact) mass is 970 g/mol. The third-order valence-corrected chi connectivity index (χ3v) is 16.0. The standard InChI is InChI=1S/C48H51ClN6O10S2/c1-48(2)25-33(52-32-11-4-8-30(24-32)43-41(49)42(65-26-39(57)58)44(66-43)47(61)62)18-22-54(48)67(63,64)27-28-7-3-10-31(23-28)51-21-20-50-19-6-9-29-14-15-36-40-34(29)12-5-13-35(40)46(60)55(36)37-16-17-38(56)53-45(37)59/h3-5,7-8,10-15,23-24,33,37,50-52H,6,9,16-22,25-27H2,1-2H3,(H,57,58)(H,61,62)(H,53,56,59)/t33-,37?/m0/s1. The van der Waals surface area contributed by atoms with Crippen molar-refractivity contribution in [3.63, 3.8) is 0 Å². The van der Waals surface area contributed by atoms with Crippen LogP contribution in [0.15, 0.2) is 78.9 Å². The van der Waals surface area contributed by atoms with E-state index in [4.69, 9.17) is 21.4 Å². The summed E-state index contributed by atoms with van der Waals surface area (Å²) in [5, 5.41) is 33.4. The summed E-state index contributed by atoms with van der Waals surface area (Å²) in [5.74, 6) is -3.89. The molecule has 8 rings (SSSR count). The van der Waals surface area contributed by atoms with Crippen molar-refractivity contribution in [1.82, 2.24) is 14.9 Å². The number of carbonyl (C=O) groups excluding carboxylic acids is 3. The molecule has 3 amide bonds. The van der Waals surface area contributed by atoms with Crippen molar-refractivity contribution in [2.24, 2.45) is 0 Å². The van der Waals surface area contributed by atoms with E-state index in [1.165, 1.54) is 4.90 Å². The Labute approximate surface area is 396 Å². The maximum Gasteiger partial charge on any atom is 0.349 e. The number of thiophene rings is 1. The number of hydrogen-bond donors (Lipinski definition) is 6. The predicted molar refractivity (Wildman–Crippen MR) is 258 cm³/mol. The molecule has 67 heavy (non-hydrogen) atoms. The molecule has 3 aliphatic heterocycles. The lowest BCUT2D eigenvalue weighted by atomic mass is 9.89. The Balaban J connectivity index is 0.805. The zero-order valence-corrected chi connectivity index (χ0v) is 39.3. The molecule has 2 atom stereocenters. The van der Waals surface area contributed by atoms with Gasteiger partial charge < -0.3 is 30.9 Å². The second kappa shape index (κ2) is 19.7. The molecular weight excluding hydrogens is 920 g/mol. The van der Waals surface area contributed by atoms with Crippen LogP contribution in [0.1, 0.15) is 77.1 Å². The maximum atomic E-state index is 14.0. The van der Waals surface area contributed by atoms with Gasteiger partial charge in [0.05, 0.1) is 16.3 Å². The first-order valence-electron chi connectivity index (χ1n) is 22.0. The minimum atomic E-state index is -3.70. The number of nitrogens with one attached hydrogen (secondary N) is 4. The van der Waals surface area contributed by atoms with Crippen molar-refractivity contribution in [2.45, 2.75) is 75.7 Å². The van der Waals surface area contributed by atoms with E-state index in [0.29, 0.717) is 59.7 Å². The number of carboxylic acid groups (broad SMARTS) is 2. The average molecular weight is 972 g/mol. The second-order valence-electron chi connectivity index (χ2n) is 17.5. The van der Waals surface area contributed by atoms with E-state index in [1.54, 1.807) is 22.5 Å². The molecule has 19 heteroatoms. The van der Waals surface area contributed by atoms with Gasteiger partial charge in [0.1, 0.15) is 11.1 Å². The number of hydrogen-bond acceptors (Lipinski definition) is 12. The van der Waals surface area contributed by atoms with Gasteiger partial charge >= 0.3 is 11.9 Å². The molecule has 0 spiro atoms. The van der Waals surface area contributed by atoms with Gasteiger partial charge in [0.15, 0.2) is 17.2 Å². The summed E-state index contributed by atoms with van der Waals surface area (Å²) in [7, 11) is -3.70. The number of amides is 3. The average Bonchev–Trinajstić information content (AvgIpc) is 3.76. The highest BCUT2D eigenvalue weighted by Gasteiger charge is 2.43. The molecule has 1 unspecified atom stereocenters. The maximum absolute atomic E-state index is 14.0. The zero-order chi connectivity index (χ0) is 47.6. The number of benzene rings is 4. The Bertz CT molecular complexity index is 2890. The van der Waals surface area contributed by atoms with E-state index in [9.17, 15) is 37.5 Å². The molecule has 16 nitrogen and oxygen atoms in total. The van der Waals surface area contributed by atoms with Crippen LogP contribution in [0.4, 0.5) is 17.1 Å². The van der Waals surface area contributed by atoms with Crippen molar-refractivity contribution in [1.29, 1.82) is 0 Å². The van der Waals surface area contributed by atoms with Gasteiger partial charge in [-0.2, -0.15) is 4.31 Å². The Kier molecular flexibility index (Phi) is 13.9. The molecule has 0 radical (unpaired) electrons. The molecular formula is C48H51ClN6O10S2. The van der Waals surface area contributed by atoms with Gasteiger partial charge in [-0.1, -0.05) is 54.1 Å². The fourth-order valence-electron chi connectivity index (χ4n) is 9.40. The number of nitrogens with zero attached hydrogens (tertiary/aromatic N) is 2. The van der Waals surface area contributed by atoms with Crippen molar-refractivity contribution in [3.8, 4) is 16.2 Å². The van der Waals surface area contributed by atoms with Gasteiger partial charge in [-0.15, -0.1) is 11.3 Å². The summed E-state index contributed by atoms with van der Waals surface area (Å²) >= 11 is 7.42. The number of ether oxygens (including phenoxy) is 1. The van der Waals surface area contributed by atoms with Crippen LogP contribution in [0.5, 0.6) is 5.75 Å². The Morgan fingerprint density at radius 2 is 1.73 bits per heavy atom. The Morgan fingerprint density at radius 3 is 2.49 bits per heavy atom. The largest absolute Gasteiger partial charge is 0.479 e. The molecule has 0 bridgehead atoms. The first-order chi connectivity index (χ1) is 32.0. The van der Waals surface area contributed by atoms with Crippen LogP contribution in [0.3, 0.4) is 0 Å². The Morgan fingerprint density at radius 1 is 0.955 bits per heavy atom. The smallest absolute Gasteiger partial charge is 0.349 e. The SMILES string of the molecule is CC1(C)C[C@@H](Nc2cccc(-c3sc(C(=O)O)c(OCC(=O)O)c3Cl)c2)CCN1S(=O)(=O)Cc1cccc(NCCNCCCc2ccc3c4c(cccc24)C(=O)N3C2CCC(=O)NC2=O)c1.